The highest BCUT2D eigenvalue weighted by Gasteiger charge is 2.33. The third-order valence-electron chi connectivity index (χ3n) is 7.82. The number of nitrogens with zero attached hydrogens (tertiary/aromatic N) is 5. The average Bonchev–Trinajstić information content (AvgIpc) is 3.25. The van der Waals surface area contributed by atoms with Gasteiger partial charge in [-0.2, -0.15) is 5.26 Å². The van der Waals surface area contributed by atoms with E-state index in [4.69, 9.17) is 12.2 Å². The summed E-state index contributed by atoms with van der Waals surface area (Å²) >= 11 is 6.91. The summed E-state index contributed by atoms with van der Waals surface area (Å²) in [5.41, 5.74) is 4.62. The second kappa shape index (κ2) is 13.1. The summed E-state index contributed by atoms with van der Waals surface area (Å²) < 4.78 is 2.24. The number of amides is 1. The molecule has 2 aromatic carbocycles. The number of thiocarbonyl (C=S) groups is 1. The van der Waals surface area contributed by atoms with Crippen molar-refractivity contribution in [1.29, 1.82) is 5.26 Å². The molecular formula is C33H35N5O2S2. The molecule has 0 unspecified atom stereocenters. The van der Waals surface area contributed by atoms with Crippen molar-refractivity contribution in [1.82, 2.24) is 14.4 Å². The molecule has 1 amide bonds. The number of aromatic nitrogens is 1. The monoisotopic (exact) mass is 597 g/mol. The van der Waals surface area contributed by atoms with E-state index in [1.165, 1.54) is 17.3 Å². The number of piperazine rings is 1. The molecule has 2 aliphatic rings. The van der Waals surface area contributed by atoms with E-state index in [-0.39, 0.29) is 17.0 Å². The molecule has 2 aliphatic heterocycles. The number of nitriles is 1. The van der Waals surface area contributed by atoms with E-state index in [1.54, 1.807) is 9.47 Å². The van der Waals surface area contributed by atoms with E-state index in [0.29, 0.717) is 27.9 Å². The molecule has 7 nitrogen and oxygen atoms in total. The summed E-state index contributed by atoms with van der Waals surface area (Å²) in [6, 6.07) is 20.6. The Balaban J connectivity index is 1.49. The van der Waals surface area contributed by atoms with Crippen molar-refractivity contribution >= 4 is 46.1 Å². The fraction of sp³-hybridized carbons (Fsp3) is 0.333. The number of hydrogen-bond donors (Lipinski definition) is 0. The van der Waals surface area contributed by atoms with E-state index in [1.807, 2.05) is 57.2 Å². The second-order valence-corrected chi connectivity index (χ2v) is 12.5. The molecule has 0 N–H and O–H groups in total. The molecule has 0 radical (unpaired) electrons. The molecule has 42 heavy (non-hydrogen) atoms. The van der Waals surface area contributed by atoms with Gasteiger partial charge in [0.15, 0.2) is 0 Å². The molecule has 0 atom stereocenters. The van der Waals surface area contributed by atoms with Crippen LogP contribution in [0.15, 0.2) is 64.3 Å². The van der Waals surface area contributed by atoms with Crippen LogP contribution in [0.1, 0.15) is 46.7 Å². The van der Waals surface area contributed by atoms with Crippen molar-refractivity contribution in [2.75, 3.05) is 31.1 Å². The Morgan fingerprint density at radius 1 is 0.952 bits per heavy atom. The summed E-state index contributed by atoms with van der Waals surface area (Å²) in [5, 5.41) is 9.97. The molecule has 216 valence electrons. The van der Waals surface area contributed by atoms with Gasteiger partial charge >= 0.3 is 0 Å². The van der Waals surface area contributed by atoms with Gasteiger partial charge in [-0.1, -0.05) is 91.1 Å². The van der Waals surface area contributed by atoms with Crippen LogP contribution in [-0.2, 0) is 24.4 Å². The van der Waals surface area contributed by atoms with Crippen LogP contribution in [0.25, 0.3) is 6.08 Å². The van der Waals surface area contributed by atoms with Crippen molar-refractivity contribution in [2.24, 2.45) is 0 Å². The van der Waals surface area contributed by atoms with Gasteiger partial charge in [-0.15, -0.1) is 0 Å². The van der Waals surface area contributed by atoms with Gasteiger partial charge in [0.1, 0.15) is 21.8 Å². The Morgan fingerprint density at radius 2 is 1.62 bits per heavy atom. The number of hydrogen-bond acceptors (Lipinski definition) is 7. The van der Waals surface area contributed by atoms with Crippen molar-refractivity contribution in [3.8, 4) is 6.07 Å². The number of thioether (sulfide) groups is 1. The van der Waals surface area contributed by atoms with E-state index in [2.05, 4.69) is 40.1 Å². The van der Waals surface area contributed by atoms with Crippen LogP contribution in [-0.4, -0.2) is 50.8 Å². The molecule has 2 saturated heterocycles. The number of rotatable bonds is 8. The summed E-state index contributed by atoms with van der Waals surface area (Å²) in [6.45, 7) is 10.8. The lowest BCUT2D eigenvalue weighted by Crippen LogP contribution is -2.48. The smallest absolute Gasteiger partial charge is 0.270 e. The first-order valence-corrected chi connectivity index (χ1v) is 15.5. The summed E-state index contributed by atoms with van der Waals surface area (Å²) in [4.78, 5) is 34.0. The third-order valence-corrected chi connectivity index (χ3v) is 9.20. The fourth-order valence-corrected chi connectivity index (χ4v) is 6.76. The second-order valence-electron chi connectivity index (χ2n) is 10.8. The zero-order chi connectivity index (χ0) is 29.8. The van der Waals surface area contributed by atoms with Gasteiger partial charge < -0.3 is 4.90 Å². The average molecular weight is 598 g/mol. The molecule has 9 heteroatoms. The third kappa shape index (κ3) is 6.21. The maximum absolute atomic E-state index is 13.6. The fourth-order valence-electron chi connectivity index (χ4n) is 5.52. The van der Waals surface area contributed by atoms with Crippen molar-refractivity contribution in [2.45, 2.75) is 46.8 Å². The Bertz CT molecular complexity index is 1620. The molecule has 1 aromatic heterocycles. The standard InChI is InChI=1S/C33H35N5O2S2/c1-4-14-37-30(36-17-15-35(16-18-36)21-25-8-6-5-7-9-25)27(24(3)28(20-34)31(37)39)19-29-32(40)38(33(41)42-29)22-26-12-10-23(2)11-13-26/h5-13,19H,4,14-18,21-22H2,1-3H3/b29-19-. The quantitative estimate of drug-likeness (QED) is 0.252. The van der Waals surface area contributed by atoms with Crippen molar-refractivity contribution in [3.63, 3.8) is 0 Å². The molecule has 0 saturated carbocycles. The zero-order valence-electron chi connectivity index (χ0n) is 24.3. The topological polar surface area (TPSA) is 72.6 Å². The molecule has 3 heterocycles. The maximum atomic E-state index is 13.6. The summed E-state index contributed by atoms with van der Waals surface area (Å²) in [5.74, 6) is 0.622. The van der Waals surface area contributed by atoms with Gasteiger partial charge in [0, 0.05) is 44.8 Å². The Hall–Kier alpha value is -3.71. The van der Waals surface area contributed by atoms with Gasteiger partial charge in [-0.3, -0.25) is 24.0 Å². The number of aryl methyl sites for hydroxylation is 1. The largest absolute Gasteiger partial charge is 0.355 e. The van der Waals surface area contributed by atoms with Crippen LogP contribution in [0, 0.1) is 25.2 Å². The van der Waals surface area contributed by atoms with Gasteiger partial charge in [0.2, 0.25) is 0 Å². The minimum atomic E-state index is -0.275. The predicted octanol–water partition coefficient (Wildman–Crippen LogP) is 5.47. The lowest BCUT2D eigenvalue weighted by molar-refractivity contribution is -0.122. The van der Waals surface area contributed by atoms with Gasteiger partial charge in [0.25, 0.3) is 11.5 Å². The molecule has 5 rings (SSSR count). The molecule has 0 spiro atoms. The first-order chi connectivity index (χ1) is 20.3. The molecule has 0 aliphatic carbocycles. The number of pyridine rings is 1. The minimum Gasteiger partial charge on any atom is -0.355 e. The SMILES string of the molecule is CCCn1c(N2CCN(Cc3ccccc3)CC2)c(/C=C2\SC(=S)N(Cc3ccc(C)cc3)C2=O)c(C)c(C#N)c1=O. The molecule has 3 aromatic rings. The molecule has 2 fully saturated rings. The van der Waals surface area contributed by atoms with E-state index >= 15 is 0 Å². The lowest BCUT2D eigenvalue weighted by atomic mass is 10.0. The van der Waals surface area contributed by atoms with Crippen LogP contribution in [0.2, 0.25) is 0 Å². The number of carbonyl (C=O) groups excluding carboxylic acids is 1. The summed E-state index contributed by atoms with van der Waals surface area (Å²) in [6.07, 6.45) is 2.59. The zero-order valence-corrected chi connectivity index (χ0v) is 25.9. The first kappa shape index (κ1) is 29.8. The highest BCUT2D eigenvalue weighted by atomic mass is 32.2. The number of carbonyl (C=O) groups is 1. The van der Waals surface area contributed by atoms with E-state index in [9.17, 15) is 14.9 Å². The highest BCUT2D eigenvalue weighted by Crippen LogP contribution is 2.37. The van der Waals surface area contributed by atoms with Crippen molar-refractivity contribution in [3.05, 3.63) is 103 Å². The van der Waals surface area contributed by atoms with E-state index in [0.717, 1.165) is 61.7 Å². The predicted molar refractivity (Wildman–Crippen MR) is 174 cm³/mol. The molecular weight excluding hydrogens is 563 g/mol. The van der Waals surface area contributed by atoms with Crippen LogP contribution in [0.4, 0.5) is 5.82 Å². The lowest BCUT2D eigenvalue weighted by Gasteiger charge is -2.38. The Labute approximate surface area is 257 Å². The maximum Gasteiger partial charge on any atom is 0.270 e. The minimum absolute atomic E-state index is 0.122. The van der Waals surface area contributed by atoms with Gasteiger partial charge in [0.05, 0.1) is 11.4 Å². The van der Waals surface area contributed by atoms with Gasteiger partial charge in [-0.25, -0.2) is 0 Å². The van der Waals surface area contributed by atoms with Crippen LogP contribution in [0.3, 0.4) is 0 Å². The van der Waals surface area contributed by atoms with Gasteiger partial charge in [-0.05, 0) is 43.0 Å². The van der Waals surface area contributed by atoms with Crippen LogP contribution < -0.4 is 10.5 Å². The number of anilines is 1. The Kier molecular flexibility index (Phi) is 9.27. The molecule has 0 bridgehead atoms. The highest BCUT2D eigenvalue weighted by molar-refractivity contribution is 8.26. The van der Waals surface area contributed by atoms with Crippen molar-refractivity contribution < 1.29 is 4.79 Å². The van der Waals surface area contributed by atoms with Crippen LogP contribution in [0.5, 0.6) is 0 Å². The van der Waals surface area contributed by atoms with E-state index < -0.39 is 0 Å². The number of benzene rings is 2. The Morgan fingerprint density at radius 3 is 2.26 bits per heavy atom. The van der Waals surface area contributed by atoms with Crippen LogP contribution >= 0.6 is 24.0 Å². The first-order valence-electron chi connectivity index (χ1n) is 14.3. The summed E-state index contributed by atoms with van der Waals surface area (Å²) in [7, 11) is 0. The normalized spacial score (nSPS) is 16.9.